The summed E-state index contributed by atoms with van der Waals surface area (Å²) in [7, 11) is 0. The maximum absolute atomic E-state index is 12.3. The number of hydrogen-bond donors (Lipinski definition) is 3. The normalized spacial score (nSPS) is 14.5. The fourth-order valence-corrected chi connectivity index (χ4v) is 3.11. The van der Waals surface area contributed by atoms with Gasteiger partial charge in [-0.05, 0) is 30.3 Å². The number of amides is 1. The largest absolute Gasteiger partial charge is 0.459 e. The van der Waals surface area contributed by atoms with Gasteiger partial charge in [0.05, 0.1) is 22.7 Å². The van der Waals surface area contributed by atoms with E-state index in [2.05, 4.69) is 15.4 Å². The number of hydrazone groups is 1. The van der Waals surface area contributed by atoms with Gasteiger partial charge in [-0.2, -0.15) is 10.4 Å². The van der Waals surface area contributed by atoms with Gasteiger partial charge in [0, 0.05) is 26.2 Å². The zero-order chi connectivity index (χ0) is 20.1. The third-order valence-corrected chi connectivity index (χ3v) is 4.55. The number of piperazine rings is 1. The third-order valence-electron chi connectivity index (χ3n) is 4.25. The minimum absolute atomic E-state index is 0.119. The highest BCUT2D eigenvalue weighted by atomic mass is 35.5. The zero-order valence-electron chi connectivity index (χ0n) is 14.9. The molecule has 1 saturated heterocycles. The minimum Gasteiger partial charge on any atom is -0.459 e. The molecule has 2 aromatic rings. The molecule has 10 heteroatoms. The topological polar surface area (TPSA) is 135 Å². The lowest BCUT2D eigenvalue weighted by Crippen LogP contribution is -2.48. The number of furan rings is 1. The molecule has 0 atom stereocenters. The van der Waals surface area contributed by atoms with Crippen LogP contribution in [0.2, 0.25) is 5.02 Å². The first-order chi connectivity index (χ1) is 13.5. The van der Waals surface area contributed by atoms with Crippen LogP contribution >= 0.6 is 11.6 Å². The van der Waals surface area contributed by atoms with Crippen LogP contribution in [0.25, 0.3) is 0 Å². The Bertz CT molecular complexity index is 941. The highest BCUT2D eigenvalue weighted by molar-refractivity contribution is 6.45. The van der Waals surface area contributed by atoms with E-state index in [9.17, 15) is 4.79 Å². The van der Waals surface area contributed by atoms with Crippen LogP contribution < -0.4 is 16.1 Å². The Balaban J connectivity index is 1.63. The maximum Gasteiger partial charge on any atom is 0.289 e. The average molecular weight is 400 g/mol. The van der Waals surface area contributed by atoms with Crippen LogP contribution in [0.5, 0.6) is 0 Å². The Kier molecular flexibility index (Phi) is 5.81. The molecule has 0 bridgehead atoms. The van der Waals surface area contributed by atoms with E-state index < -0.39 is 5.84 Å². The van der Waals surface area contributed by atoms with Gasteiger partial charge in [0.2, 0.25) is 5.71 Å². The van der Waals surface area contributed by atoms with E-state index >= 15 is 0 Å². The van der Waals surface area contributed by atoms with Gasteiger partial charge in [-0.25, -0.2) is 0 Å². The molecule has 0 aliphatic carbocycles. The summed E-state index contributed by atoms with van der Waals surface area (Å²) in [5, 5.41) is 20.4. The molecule has 0 unspecified atom stereocenters. The highest BCUT2D eigenvalue weighted by Gasteiger charge is 2.24. The van der Waals surface area contributed by atoms with Gasteiger partial charge in [-0.1, -0.05) is 11.6 Å². The van der Waals surface area contributed by atoms with Crippen molar-refractivity contribution in [2.45, 2.75) is 0 Å². The van der Waals surface area contributed by atoms with Crippen molar-refractivity contribution in [1.29, 1.82) is 10.7 Å². The van der Waals surface area contributed by atoms with Crippen LogP contribution in [-0.4, -0.2) is 48.5 Å². The Morgan fingerprint density at radius 3 is 2.64 bits per heavy atom. The molecule has 1 aliphatic heterocycles. The number of hydrogen-bond acceptors (Lipinski definition) is 7. The molecule has 0 radical (unpaired) electrons. The molecule has 1 aromatic heterocycles. The second kappa shape index (κ2) is 8.45. The number of nitrogens with one attached hydrogen (secondary N) is 2. The molecule has 4 N–H and O–H groups in total. The first-order valence-corrected chi connectivity index (χ1v) is 8.83. The molecular weight excluding hydrogens is 382 g/mol. The number of amidine groups is 1. The van der Waals surface area contributed by atoms with Crippen LogP contribution in [0, 0.1) is 16.7 Å². The van der Waals surface area contributed by atoms with E-state index in [0.29, 0.717) is 42.6 Å². The van der Waals surface area contributed by atoms with Gasteiger partial charge in [-0.15, -0.1) is 0 Å². The molecule has 28 heavy (non-hydrogen) atoms. The van der Waals surface area contributed by atoms with Crippen LogP contribution in [0.4, 0.5) is 11.4 Å². The molecule has 0 saturated carbocycles. The number of carbonyl (C=O) groups is 1. The molecule has 144 valence electrons. The maximum atomic E-state index is 12.3. The smallest absolute Gasteiger partial charge is 0.289 e. The Labute approximate surface area is 166 Å². The average Bonchev–Trinajstić information content (AvgIpc) is 3.23. The minimum atomic E-state index is -0.417. The monoisotopic (exact) mass is 399 g/mol. The summed E-state index contributed by atoms with van der Waals surface area (Å²) in [6.45, 7) is 2.40. The first-order valence-electron chi connectivity index (χ1n) is 8.45. The summed E-state index contributed by atoms with van der Waals surface area (Å²) >= 11 is 6.40. The summed E-state index contributed by atoms with van der Waals surface area (Å²) in [6, 6.07) is 10.4. The van der Waals surface area contributed by atoms with Crippen molar-refractivity contribution in [3.8, 4) is 6.07 Å². The number of halogens is 1. The second-order valence-corrected chi connectivity index (χ2v) is 6.43. The number of nitrogens with two attached hydrogens (primary N) is 1. The van der Waals surface area contributed by atoms with Gasteiger partial charge in [0.1, 0.15) is 6.07 Å². The second-order valence-electron chi connectivity index (χ2n) is 6.02. The Morgan fingerprint density at radius 2 is 2.07 bits per heavy atom. The lowest BCUT2D eigenvalue weighted by molar-refractivity contribution is 0.0714. The lowest BCUT2D eigenvalue weighted by atomic mass is 10.2. The molecule has 2 heterocycles. The molecule has 1 fully saturated rings. The predicted octanol–water partition coefficient (Wildman–Crippen LogP) is 2.12. The molecular formula is C18H18ClN7O2. The number of benzene rings is 1. The Morgan fingerprint density at radius 1 is 1.32 bits per heavy atom. The van der Waals surface area contributed by atoms with Gasteiger partial charge in [0.25, 0.3) is 5.91 Å². The summed E-state index contributed by atoms with van der Waals surface area (Å²) in [5.74, 6) is -0.198. The highest BCUT2D eigenvalue weighted by Crippen LogP contribution is 2.30. The van der Waals surface area contributed by atoms with E-state index in [4.69, 9.17) is 32.4 Å². The van der Waals surface area contributed by atoms with E-state index in [0.717, 1.165) is 5.69 Å². The van der Waals surface area contributed by atoms with Crippen LogP contribution in [-0.2, 0) is 0 Å². The van der Waals surface area contributed by atoms with Crippen LogP contribution in [0.15, 0.2) is 46.1 Å². The van der Waals surface area contributed by atoms with Crippen molar-refractivity contribution in [3.05, 3.63) is 47.4 Å². The van der Waals surface area contributed by atoms with E-state index in [1.807, 2.05) is 6.07 Å². The van der Waals surface area contributed by atoms with Gasteiger partial charge in [0.15, 0.2) is 11.6 Å². The van der Waals surface area contributed by atoms with E-state index in [-0.39, 0.29) is 11.6 Å². The number of rotatable bonds is 5. The van der Waals surface area contributed by atoms with Crippen molar-refractivity contribution in [1.82, 2.24) is 4.90 Å². The summed E-state index contributed by atoms with van der Waals surface area (Å²) in [4.78, 5) is 16.2. The van der Waals surface area contributed by atoms with Crippen molar-refractivity contribution in [3.63, 3.8) is 0 Å². The molecule has 1 aromatic carbocycles. The van der Waals surface area contributed by atoms with Gasteiger partial charge < -0.3 is 20.0 Å². The lowest BCUT2D eigenvalue weighted by Gasteiger charge is -2.36. The fourth-order valence-electron chi connectivity index (χ4n) is 2.81. The first kappa shape index (κ1) is 19.3. The van der Waals surface area contributed by atoms with E-state index in [1.165, 1.54) is 6.26 Å². The quantitative estimate of drug-likeness (QED) is 0.400. The van der Waals surface area contributed by atoms with Gasteiger partial charge in [-0.3, -0.25) is 15.6 Å². The number of anilines is 2. The fraction of sp³-hybridized carbons (Fsp3) is 0.222. The Hall–Kier alpha value is -3.51. The van der Waals surface area contributed by atoms with Crippen LogP contribution in [0.3, 0.4) is 0 Å². The number of carbonyl (C=O) groups excluding carboxylic acids is 1. The summed E-state index contributed by atoms with van der Waals surface area (Å²) in [5.41, 5.74) is 9.11. The molecule has 9 nitrogen and oxygen atoms in total. The van der Waals surface area contributed by atoms with Crippen molar-refractivity contribution < 1.29 is 9.21 Å². The molecule has 0 spiro atoms. The molecule has 1 aliphatic rings. The van der Waals surface area contributed by atoms with Crippen molar-refractivity contribution in [2.24, 2.45) is 10.8 Å². The van der Waals surface area contributed by atoms with Crippen LogP contribution in [0.1, 0.15) is 10.6 Å². The van der Waals surface area contributed by atoms with Crippen molar-refractivity contribution in [2.75, 3.05) is 36.5 Å². The third kappa shape index (κ3) is 4.24. The molecule has 1 amide bonds. The van der Waals surface area contributed by atoms with E-state index in [1.54, 1.807) is 35.2 Å². The molecule has 3 rings (SSSR count). The predicted molar refractivity (Wildman–Crippen MR) is 107 cm³/mol. The zero-order valence-corrected chi connectivity index (χ0v) is 15.6. The number of nitrogens with zero attached hydrogens (tertiary/aromatic N) is 4. The standard InChI is InChI=1S/C18H18ClN7O2/c19-13-10-12(23-24-14(11-20)17(21)22)3-4-15(13)25-5-7-26(8-6-25)18(27)16-2-1-9-28-16/h1-4,9-10,23H,5-8H2,(H3,21,22)/b24-14+. The SMILES string of the molecule is N#C/C(=N\Nc1ccc(N2CCN(C(=O)c3ccco3)CC2)c(Cl)c1)C(=N)N. The van der Waals surface area contributed by atoms with Gasteiger partial charge >= 0.3 is 0 Å². The van der Waals surface area contributed by atoms with Crippen molar-refractivity contribution >= 4 is 40.4 Å². The summed E-state index contributed by atoms with van der Waals surface area (Å²) in [6.07, 6.45) is 1.49. The summed E-state index contributed by atoms with van der Waals surface area (Å²) < 4.78 is 5.17. The number of nitriles is 1.